The second kappa shape index (κ2) is 4.79. The summed E-state index contributed by atoms with van der Waals surface area (Å²) >= 11 is 3.04. The summed E-state index contributed by atoms with van der Waals surface area (Å²) in [7, 11) is 0. The van der Waals surface area contributed by atoms with E-state index in [4.69, 9.17) is 4.42 Å². The van der Waals surface area contributed by atoms with E-state index in [0.717, 1.165) is 12.1 Å². The number of rotatable bonds is 3. The van der Waals surface area contributed by atoms with Gasteiger partial charge in [-0.25, -0.2) is 8.78 Å². The lowest BCUT2D eigenvalue weighted by Gasteiger charge is -2.03. The summed E-state index contributed by atoms with van der Waals surface area (Å²) in [6.45, 7) is 0. The Morgan fingerprint density at radius 1 is 1.24 bits per heavy atom. The maximum Gasteiger partial charge on any atom is 0.179 e. The van der Waals surface area contributed by atoms with Crippen LogP contribution in [0.3, 0.4) is 0 Å². The van der Waals surface area contributed by atoms with Gasteiger partial charge in [-0.05, 0) is 34.1 Å². The summed E-state index contributed by atoms with van der Waals surface area (Å²) < 4.78 is 31.8. The van der Waals surface area contributed by atoms with Crippen LogP contribution in [0.25, 0.3) is 0 Å². The normalized spacial score (nSPS) is 10.5. The van der Waals surface area contributed by atoms with Crippen molar-refractivity contribution in [3.8, 4) is 0 Å². The molecule has 2 nitrogen and oxygen atoms in total. The Kier molecular flexibility index (Phi) is 3.38. The first kappa shape index (κ1) is 12.0. The van der Waals surface area contributed by atoms with Gasteiger partial charge in [-0.2, -0.15) is 0 Å². The number of furan rings is 1. The molecule has 0 fully saturated rings. The maximum atomic E-state index is 13.3. The quantitative estimate of drug-likeness (QED) is 0.808. The van der Waals surface area contributed by atoms with Gasteiger partial charge < -0.3 is 4.42 Å². The predicted molar refractivity (Wildman–Crippen MR) is 60.8 cm³/mol. The largest absolute Gasteiger partial charge is 0.457 e. The van der Waals surface area contributed by atoms with Gasteiger partial charge in [0.2, 0.25) is 0 Å². The standard InChI is InChI=1S/C12H7BrF2O2/c13-12-7(4-5-17-12)11(16)6-8-9(14)2-1-3-10(8)15/h1-5H,6H2. The van der Waals surface area contributed by atoms with Crippen LogP contribution in [0.15, 0.2) is 39.6 Å². The van der Waals surface area contributed by atoms with Crippen molar-refractivity contribution in [2.75, 3.05) is 0 Å². The van der Waals surface area contributed by atoms with Crippen molar-refractivity contribution in [3.05, 3.63) is 58.0 Å². The van der Waals surface area contributed by atoms with Crippen molar-refractivity contribution in [2.24, 2.45) is 0 Å². The van der Waals surface area contributed by atoms with E-state index >= 15 is 0 Å². The van der Waals surface area contributed by atoms with E-state index in [9.17, 15) is 13.6 Å². The van der Waals surface area contributed by atoms with Gasteiger partial charge in [0.05, 0.1) is 11.8 Å². The van der Waals surface area contributed by atoms with Crippen molar-refractivity contribution >= 4 is 21.7 Å². The Labute approximate surface area is 104 Å². The monoisotopic (exact) mass is 300 g/mol. The number of carbonyl (C=O) groups excluding carboxylic acids is 1. The molecule has 0 aliphatic carbocycles. The minimum Gasteiger partial charge on any atom is -0.457 e. The molecule has 0 radical (unpaired) electrons. The van der Waals surface area contributed by atoms with E-state index in [1.807, 2.05) is 0 Å². The highest BCUT2D eigenvalue weighted by Crippen LogP contribution is 2.21. The topological polar surface area (TPSA) is 30.2 Å². The molecule has 0 spiro atoms. The van der Waals surface area contributed by atoms with Gasteiger partial charge in [-0.3, -0.25) is 4.79 Å². The third-order valence-corrected chi connectivity index (χ3v) is 2.93. The first-order valence-corrected chi connectivity index (χ1v) is 5.58. The van der Waals surface area contributed by atoms with Gasteiger partial charge in [0.1, 0.15) is 11.6 Å². The van der Waals surface area contributed by atoms with Crippen molar-refractivity contribution in [2.45, 2.75) is 6.42 Å². The molecular weight excluding hydrogens is 294 g/mol. The molecule has 2 rings (SSSR count). The zero-order valence-corrected chi connectivity index (χ0v) is 10.1. The fraction of sp³-hybridized carbons (Fsp3) is 0.0833. The number of carbonyl (C=O) groups is 1. The predicted octanol–water partition coefficient (Wildman–Crippen LogP) is 3.75. The lowest BCUT2D eigenvalue weighted by Crippen LogP contribution is -2.06. The van der Waals surface area contributed by atoms with E-state index in [0.29, 0.717) is 0 Å². The Balaban J connectivity index is 2.28. The van der Waals surface area contributed by atoms with Crippen molar-refractivity contribution in [3.63, 3.8) is 0 Å². The van der Waals surface area contributed by atoms with Crippen LogP contribution < -0.4 is 0 Å². The van der Waals surface area contributed by atoms with Gasteiger partial charge in [0, 0.05) is 12.0 Å². The molecule has 0 saturated heterocycles. The molecule has 17 heavy (non-hydrogen) atoms. The molecule has 0 aliphatic heterocycles. The van der Waals surface area contributed by atoms with Gasteiger partial charge in [-0.15, -0.1) is 0 Å². The van der Waals surface area contributed by atoms with Gasteiger partial charge in [0.25, 0.3) is 0 Å². The van der Waals surface area contributed by atoms with Crippen LogP contribution in [0.5, 0.6) is 0 Å². The molecule has 2 aromatic rings. The zero-order chi connectivity index (χ0) is 12.4. The molecule has 0 unspecified atom stereocenters. The molecule has 0 saturated carbocycles. The second-order valence-electron chi connectivity index (χ2n) is 3.41. The Morgan fingerprint density at radius 3 is 2.41 bits per heavy atom. The van der Waals surface area contributed by atoms with Crippen molar-refractivity contribution in [1.29, 1.82) is 0 Å². The fourth-order valence-corrected chi connectivity index (χ4v) is 1.91. The second-order valence-corrected chi connectivity index (χ2v) is 4.13. The molecule has 0 atom stereocenters. The van der Waals surface area contributed by atoms with E-state index in [2.05, 4.69) is 15.9 Å². The highest BCUT2D eigenvalue weighted by molar-refractivity contribution is 9.10. The van der Waals surface area contributed by atoms with E-state index in [1.54, 1.807) is 0 Å². The van der Waals surface area contributed by atoms with Gasteiger partial charge >= 0.3 is 0 Å². The number of benzene rings is 1. The molecule has 1 heterocycles. The van der Waals surface area contributed by atoms with Crippen LogP contribution >= 0.6 is 15.9 Å². The maximum absolute atomic E-state index is 13.3. The lowest BCUT2D eigenvalue weighted by atomic mass is 10.0. The average molecular weight is 301 g/mol. The summed E-state index contributed by atoms with van der Waals surface area (Å²) in [5.41, 5.74) is 0.0400. The number of hydrogen-bond acceptors (Lipinski definition) is 2. The van der Waals surface area contributed by atoms with Gasteiger partial charge in [-0.1, -0.05) is 6.07 Å². The molecule has 1 aromatic heterocycles. The fourth-order valence-electron chi connectivity index (χ4n) is 1.45. The van der Waals surface area contributed by atoms with Crippen LogP contribution in [0.4, 0.5) is 8.78 Å². The van der Waals surface area contributed by atoms with E-state index in [-0.39, 0.29) is 22.2 Å². The lowest BCUT2D eigenvalue weighted by molar-refractivity contribution is 0.0989. The third kappa shape index (κ3) is 2.44. The number of ketones is 1. The van der Waals surface area contributed by atoms with E-state index in [1.165, 1.54) is 18.4 Å². The van der Waals surface area contributed by atoms with Crippen LogP contribution in [0.2, 0.25) is 0 Å². The van der Waals surface area contributed by atoms with Crippen LogP contribution in [-0.4, -0.2) is 5.78 Å². The molecule has 0 N–H and O–H groups in total. The zero-order valence-electron chi connectivity index (χ0n) is 8.54. The summed E-state index contributed by atoms with van der Waals surface area (Å²) in [4.78, 5) is 11.8. The van der Waals surface area contributed by atoms with Gasteiger partial charge in [0.15, 0.2) is 10.5 Å². The van der Waals surface area contributed by atoms with E-state index < -0.39 is 17.4 Å². The first-order valence-electron chi connectivity index (χ1n) is 4.78. The van der Waals surface area contributed by atoms with Crippen LogP contribution in [0, 0.1) is 11.6 Å². The number of Topliss-reactive ketones (excluding diaryl/α,β-unsaturated/α-hetero) is 1. The summed E-state index contributed by atoms with van der Waals surface area (Å²) in [6, 6.07) is 4.95. The molecule has 0 amide bonds. The number of halogens is 3. The third-order valence-electron chi connectivity index (χ3n) is 2.32. The molecule has 5 heteroatoms. The number of hydrogen-bond donors (Lipinski definition) is 0. The van der Waals surface area contributed by atoms with Crippen molar-refractivity contribution in [1.82, 2.24) is 0 Å². The molecule has 1 aromatic carbocycles. The minimum absolute atomic E-state index is 0.231. The molecule has 88 valence electrons. The summed E-state index contributed by atoms with van der Waals surface area (Å²) in [5.74, 6) is -1.86. The molecule has 0 aliphatic rings. The highest BCUT2D eigenvalue weighted by atomic mass is 79.9. The SMILES string of the molecule is O=C(Cc1c(F)cccc1F)c1ccoc1Br. The summed E-state index contributed by atoms with van der Waals surface area (Å²) in [6.07, 6.45) is 0.992. The summed E-state index contributed by atoms with van der Waals surface area (Å²) in [5, 5.41) is 0. The minimum atomic E-state index is -0.724. The highest BCUT2D eigenvalue weighted by Gasteiger charge is 2.17. The first-order chi connectivity index (χ1) is 8.09. The average Bonchev–Trinajstić information content (AvgIpc) is 2.70. The van der Waals surface area contributed by atoms with Crippen LogP contribution in [-0.2, 0) is 6.42 Å². The Hall–Kier alpha value is -1.49. The van der Waals surface area contributed by atoms with Crippen LogP contribution in [0.1, 0.15) is 15.9 Å². The van der Waals surface area contributed by atoms with Crippen molar-refractivity contribution < 1.29 is 18.0 Å². The molecule has 0 bridgehead atoms. The Morgan fingerprint density at radius 2 is 1.88 bits per heavy atom. The molecular formula is C12H7BrF2O2. The smallest absolute Gasteiger partial charge is 0.179 e. The Bertz CT molecular complexity index is 543.